The van der Waals surface area contributed by atoms with E-state index >= 15 is 0 Å². The van der Waals surface area contributed by atoms with Gasteiger partial charge in [0.05, 0.1) is 32.6 Å². The molecule has 0 bridgehead atoms. The number of hydrogen-bond acceptors (Lipinski definition) is 5. The Bertz CT molecular complexity index is 1020. The number of rotatable bonds is 11. The Labute approximate surface area is 186 Å². The number of aromatic nitrogens is 1. The third-order valence-corrected chi connectivity index (χ3v) is 4.92. The van der Waals surface area contributed by atoms with Crippen molar-refractivity contribution >= 4 is 11.6 Å². The molecule has 164 valence electrons. The lowest BCUT2D eigenvalue weighted by atomic mass is 10.3. The van der Waals surface area contributed by atoms with Crippen molar-refractivity contribution in [1.29, 1.82) is 0 Å². The molecule has 6 nitrogen and oxygen atoms in total. The molecule has 3 aromatic rings. The van der Waals surface area contributed by atoms with E-state index in [1.807, 2.05) is 47.9 Å². The highest BCUT2D eigenvalue weighted by molar-refractivity contribution is 6.30. The summed E-state index contributed by atoms with van der Waals surface area (Å²) in [5.74, 6) is 2.65. The number of halogens is 1. The highest BCUT2D eigenvalue weighted by Gasteiger charge is 2.09. The van der Waals surface area contributed by atoms with Crippen LogP contribution in [0.15, 0.2) is 65.6 Å². The van der Waals surface area contributed by atoms with E-state index < -0.39 is 0 Å². The van der Waals surface area contributed by atoms with Crippen molar-refractivity contribution in [1.82, 2.24) is 4.57 Å². The molecule has 7 heteroatoms. The molecule has 0 aliphatic rings. The largest absolute Gasteiger partial charge is 0.497 e. The van der Waals surface area contributed by atoms with Gasteiger partial charge < -0.3 is 23.5 Å². The molecule has 0 aliphatic carbocycles. The molecule has 0 aliphatic heterocycles. The van der Waals surface area contributed by atoms with Crippen LogP contribution in [0.5, 0.6) is 23.0 Å². The number of nitrogens with zero attached hydrogens (tertiary/aromatic N) is 1. The fraction of sp³-hybridized carbons (Fsp3) is 0.292. The monoisotopic (exact) mass is 443 g/mol. The van der Waals surface area contributed by atoms with Crippen molar-refractivity contribution in [3.05, 3.63) is 81.7 Å². The number of pyridine rings is 1. The van der Waals surface area contributed by atoms with Gasteiger partial charge in [-0.3, -0.25) is 4.79 Å². The predicted molar refractivity (Wildman–Crippen MR) is 121 cm³/mol. The Balaban J connectivity index is 1.47. The Morgan fingerprint density at radius 3 is 2.06 bits per heavy atom. The van der Waals surface area contributed by atoms with Crippen molar-refractivity contribution < 1.29 is 18.9 Å². The van der Waals surface area contributed by atoms with Crippen LogP contribution in [-0.4, -0.2) is 31.5 Å². The molecule has 0 radical (unpaired) electrons. The molecule has 0 fully saturated rings. The van der Waals surface area contributed by atoms with Gasteiger partial charge >= 0.3 is 0 Å². The van der Waals surface area contributed by atoms with Gasteiger partial charge in [0.2, 0.25) is 5.43 Å². The average Bonchev–Trinajstić information content (AvgIpc) is 2.79. The van der Waals surface area contributed by atoms with Crippen molar-refractivity contribution in [3.63, 3.8) is 0 Å². The second-order valence-electron chi connectivity index (χ2n) is 6.82. The van der Waals surface area contributed by atoms with Crippen LogP contribution in [0.3, 0.4) is 0 Å². The number of methoxy groups -OCH3 is 1. The summed E-state index contributed by atoms with van der Waals surface area (Å²) in [5.41, 5.74) is 0.632. The topological polar surface area (TPSA) is 58.9 Å². The van der Waals surface area contributed by atoms with Crippen molar-refractivity contribution in [3.8, 4) is 23.0 Å². The molecule has 0 amide bonds. The first-order chi connectivity index (χ1) is 15.1. The standard InChI is InChI=1S/C24H26ClNO5/c1-18-24(31-16-3-15-29-21-6-4-19(25)5-7-21)23(27)12-13-26(18)14-17-30-22-10-8-20(28-2)9-11-22/h4-13H,3,14-17H2,1-2H3. The first-order valence-electron chi connectivity index (χ1n) is 10.0. The maximum atomic E-state index is 12.2. The summed E-state index contributed by atoms with van der Waals surface area (Å²) in [5, 5.41) is 0.668. The summed E-state index contributed by atoms with van der Waals surface area (Å²) in [6, 6.07) is 16.1. The van der Waals surface area contributed by atoms with Gasteiger partial charge in [0.15, 0.2) is 5.75 Å². The molecule has 0 saturated carbocycles. The SMILES string of the molecule is COc1ccc(OCCn2ccc(=O)c(OCCCOc3ccc(Cl)cc3)c2C)cc1. The summed E-state index contributed by atoms with van der Waals surface area (Å²) >= 11 is 5.86. The van der Waals surface area contributed by atoms with E-state index in [0.29, 0.717) is 43.6 Å². The zero-order chi connectivity index (χ0) is 22.1. The molecule has 1 aromatic heterocycles. The maximum absolute atomic E-state index is 12.2. The summed E-state index contributed by atoms with van der Waals surface area (Å²) in [6.45, 7) is 3.79. The minimum absolute atomic E-state index is 0.136. The molecule has 0 atom stereocenters. The van der Waals surface area contributed by atoms with E-state index in [-0.39, 0.29) is 5.43 Å². The predicted octanol–water partition coefficient (Wildman–Crippen LogP) is 4.75. The number of ether oxygens (including phenoxy) is 4. The van der Waals surface area contributed by atoms with E-state index in [2.05, 4.69) is 0 Å². The van der Waals surface area contributed by atoms with Gasteiger partial charge in [-0.1, -0.05) is 11.6 Å². The fourth-order valence-electron chi connectivity index (χ4n) is 2.96. The van der Waals surface area contributed by atoms with Crippen LogP contribution in [0.25, 0.3) is 0 Å². The van der Waals surface area contributed by atoms with Crippen LogP contribution in [0.1, 0.15) is 12.1 Å². The lowest BCUT2D eigenvalue weighted by Crippen LogP contribution is -2.18. The molecule has 0 unspecified atom stereocenters. The average molecular weight is 444 g/mol. The Morgan fingerprint density at radius 2 is 1.39 bits per heavy atom. The van der Waals surface area contributed by atoms with Gasteiger partial charge in [-0.25, -0.2) is 0 Å². The van der Waals surface area contributed by atoms with Crippen LogP contribution in [0.2, 0.25) is 5.02 Å². The molecule has 2 aromatic carbocycles. The first-order valence-corrected chi connectivity index (χ1v) is 10.4. The molecular formula is C24H26ClNO5. The summed E-state index contributed by atoms with van der Waals surface area (Å²) in [7, 11) is 1.63. The van der Waals surface area contributed by atoms with Crippen molar-refractivity contribution in [2.75, 3.05) is 26.9 Å². The third kappa shape index (κ3) is 6.69. The molecule has 31 heavy (non-hydrogen) atoms. The third-order valence-electron chi connectivity index (χ3n) is 4.67. The quantitative estimate of drug-likeness (QED) is 0.400. The van der Waals surface area contributed by atoms with Crippen LogP contribution in [0.4, 0.5) is 0 Å². The molecule has 1 heterocycles. The summed E-state index contributed by atoms with van der Waals surface area (Å²) in [6.07, 6.45) is 2.41. The van der Waals surface area contributed by atoms with Gasteiger partial charge in [0, 0.05) is 23.7 Å². The number of hydrogen-bond donors (Lipinski definition) is 0. The second kappa shape index (κ2) is 11.3. The summed E-state index contributed by atoms with van der Waals surface area (Å²) in [4.78, 5) is 12.2. The minimum atomic E-state index is -0.136. The number of benzene rings is 2. The van der Waals surface area contributed by atoms with Gasteiger partial charge in [-0.15, -0.1) is 0 Å². The lowest BCUT2D eigenvalue weighted by Gasteiger charge is -2.15. The van der Waals surface area contributed by atoms with Gasteiger partial charge in [-0.05, 0) is 55.5 Å². The Morgan fingerprint density at radius 1 is 0.806 bits per heavy atom. The van der Waals surface area contributed by atoms with E-state index in [1.54, 1.807) is 25.4 Å². The normalized spacial score (nSPS) is 10.5. The van der Waals surface area contributed by atoms with E-state index in [0.717, 1.165) is 22.9 Å². The van der Waals surface area contributed by atoms with Gasteiger partial charge in [0.25, 0.3) is 0 Å². The zero-order valence-corrected chi connectivity index (χ0v) is 18.4. The van der Waals surface area contributed by atoms with Crippen molar-refractivity contribution in [2.45, 2.75) is 19.9 Å². The molecule has 0 spiro atoms. The van der Waals surface area contributed by atoms with E-state index in [9.17, 15) is 4.79 Å². The molecular weight excluding hydrogens is 418 g/mol. The fourth-order valence-corrected chi connectivity index (χ4v) is 3.09. The van der Waals surface area contributed by atoms with Gasteiger partial charge in [0.1, 0.15) is 23.9 Å². The Kier molecular flexibility index (Phi) is 8.24. The Hall–Kier alpha value is -3.12. The smallest absolute Gasteiger partial charge is 0.223 e. The van der Waals surface area contributed by atoms with Crippen LogP contribution in [-0.2, 0) is 6.54 Å². The highest BCUT2D eigenvalue weighted by Crippen LogP contribution is 2.18. The van der Waals surface area contributed by atoms with Crippen molar-refractivity contribution in [2.24, 2.45) is 0 Å². The van der Waals surface area contributed by atoms with E-state index in [1.165, 1.54) is 6.07 Å². The van der Waals surface area contributed by atoms with Gasteiger partial charge in [-0.2, -0.15) is 0 Å². The minimum Gasteiger partial charge on any atom is -0.497 e. The zero-order valence-electron chi connectivity index (χ0n) is 17.7. The molecule has 0 N–H and O–H groups in total. The second-order valence-corrected chi connectivity index (χ2v) is 7.25. The van der Waals surface area contributed by atoms with Crippen LogP contribution in [0, 0.1) is 6.92 Å². The maximum Gasteiger partial charge on any atom is 0.223 e. The van der Waals surface area contributed by atoms with Crippen LogP contribution >= 0.6 is 11.6 Å². The lowest BCUT2D eigenvalue weighted by molar-refractivity contribution is 0.242. The first kappa shape index (κ1) is 22.6. The molecule has 0 saturated heterocycles. The summed E-state index contributed by atoms with van der Waals surface area (Å²) < 4.78 is 24.3. The van der Waals surface area contributed by atoms with Crippen LogP contribution < -0.4 is 24.4 Å². The van der Waals surface area contributed by atoms with E-state index in [4.69, 9.17) is 30.5 Å². The highest BCUT2D eigenvalue weighted by atomic mass is 35.5. The molecule has 3 rings (SSSR count).